The van der Waals surface area contributed by atoms with Crippen molar-refractivity contribution >= 4 is 64.2 Å². The lowest BCUT2D eigenvalue weighted by molar-refractivity contribution is -0.155. The third-order valence-corrected chi connectivity index (χ3v) is 10.3. The van der Waals surface area contributed by atoms with Crippen LogP contribution in [0.4, 0.5) is 11.4 Å². The number of hydrogen-bond acceptors (Lipinski definition) is 6. The molecule has 1 saturated carbocycles. The van der Waals surface area contributed by atoms with E-state index < -0.39 is 64.6 Å². The standard InChI is InChI=1S/C31H28Cl2N2O6/c1-6-41-30(40)23-15(4)20-21-24(28(38)34(26(21)36)16-9-7-13(2)18(32)11-16)31(23,5)25-22(20)27(37)35(29(25)39)17-10-8-14(3)19(33)12-17/h7-12,20-22,24-25H,6H2,1-5H3/t20?,21-,22+,24-,25-,31?/m1/s1. The van der Waals surface area contributed by atoms with Gasteiger partial charge in [-0.15, -0.1) is 0 Å². The molecule has 0 N–H and O–H groups in total. The number of carbonyl (C=O) groups excluding carboxylic acids is 5. The van der Waals surface area contributed by atoms with Crippen molar-refractivity contribution < 1.29 is 28.7 Å². The second-order valence-electron chi connectivity index (χ2n) is 11.5. The average Bonchev–Trinajstić information content (AvgIpc) is 3.34. The van der Waals surface area contributed by atoms with E-state index >= 15 is 0 Å². The van der Waals surface area contributed by atoms with Crippen LogP contribution in [-0.4, -0.2) is 36.2 Å². The zero-order valence-electron chi connectivity index (χ0n) is 23.2. The third-order valence-electron chi connectivity index (χ3n) is 9.51. The number of aryl methyl sites for hydroxylation is 2. The van der Waals surface area contributed by atoms with Gasteiger partial charge >= 0.3 is 5.97 Å². The number of imide groups is 2. The van der Waals surface area contributed by atoms with Crippen LogP contribution in [0, 0.1) is 48.9 Å². The molecule has 41 heavy (non-hydrogen) atoms. The highest BCUT2D eigenvalue weighted by molar-refractivity contribution is 6.33. The Morgan fingerprint density at radius 3 is 1.61 bits per heavy atom. The summed E-state index contributed by atoms with van der Waals surface area (Å²) < 4.78 is 5.42. The van der Waals surface area contributed by atoms with Crippen LogP contribution in [0.2, 0.25) is 10.0 Å². The molecule has 212 valence electrons. The van der Waals surface area contributed by atoms with Crippen molar-refractivity contribution in [3.8, 4) is 0 Å². The first-order chi connectivity index (χ1) is 19.4. The number of esters is 1. The number of amides is 4. The van der Waals surface area contributed by atoms with Crippen LogP contribution in [0.15, 0.2) is 47.5 Å². The summed E-state index contributed by atoms with van der Waals surface area (Å²) in [6.45, 7) is 8.73. The highest BCUT2D eigenvalue weighted by Crippen LogP contribution is 2.68. The first-order valence-corrected chi connectivity index (χ1v) is 14.3. The van der Waals surface area contributed by atoms with Gasteiger partial charge in [-0.25, -0.2) is 14.6 Å². The lowest BCUT2D eigenvalue weighted by atomic mass is 9.43. The number of nitrogens with zero attached hydrogens (tertiary/aromatic N) is 2. The summed E-state index contributed by atoms with van der Waals surface area (Å²) in [5.41, 5.74) is 1.40. The molecular weight excluding hydrogens is 567 g/mol. The molecule has 2 heterocycles. The molecule has 2 bridgehead atoms. The van der Waals surface area contributed by atoms with Gasteiger partial charge < -0.3 is 4.74 Å². The fourth-order valence-corrected chi connectivity index (χ4v) is 8.11. The Labute approximate surface area is 247 Å². The minimum atomic E-state index is -1.48. The summed E-state index contributed by atoms with van der Waals surface area (Å²) in [5.74, 6) is -7.50. The predicted octanol–water partition coefficient (Wildman–Crippen LogP) is 5.05. The molecule has 0 aromatic heterocycles. The van der Waals surface area contributed by atoms with Crippen LogP contribution in [0.1, 0.15) is 31.9 Å². The van der Waals surface area contributed by atoms with Gasteiger partial charge in [-0.05, 0) is 63.1 Å². The van der Waals surface area contributed by atoms with Gasteiger partial charge in [0.05, 0.1) is 41.7 Å². The Morgan fingerprint density at radius 2 is 1.22 bits per heavy atom. The van der Waals surface area contributed by atoms with Crippen LogP contribution >= 0.6 is 23.2 Å². The van der Waals surface area contributed by atoms with Gasteiger partial charge in [0.25, 0.3) is 0 Å². The van der Waals surface area contributed by atoms with Crippen molar-refractivity contribution in [1.82, 2.24) is 0 Å². The Hall–Kier alpha value is -3.49. The van der Waals surface area contributed by atoms with Crippen molar-refractivity contribution in [1.29, 1.82) is 0 Å². The Balaban J connectivity index is 1.54. The number of halogens is 2. The first-order valence-electron chi connectivity index (χ1n) is 13.5. The molecule has 3 aliphatic carbocycles. The Kier molecular flexibility index (Phi) is 6.25. The van der Waals surface area contributed by atoms with Crippen LogP contribution in [0.5, 0.6) is 0 Å². The monoisotopic (exact) mass is 594 g/mol. The van der Waals surface area contributed by atoms with E-state index in [1.54, 1.807) is 57.2 Å². The maximum atomic E-state index is 14.2. The molecular formula is C31H28Cl2N2O6. The molecule has 6 atom stereocenters. The molecule has 4 amide bonds. The van der Waals surface area contributed by atoms with Crippen molar-refractivity contribution in [3.63, 3.8) is 0 Å². The highest BCUT2D eigenvalue weighted by atomic mass is 35.5. The lowest BCUT2D eigenvalue weighted by Crippen LogP contribution is -2.61. The minimum Gasteiger partial charge on any atom is -0.463 e. The topological polar surface area (TPSA) is 101 Å². The highest BCUT2D eigenvalue weighted by Gasteiger charge is 2.77. The molecule has 0 radical (unpaired) electrons. The molecule has 3 fully saturated rings. The van der Waals surface area contributed by atoms with E-state index in [0.29, 0.717) is 27.0 Å². The van der Waals surface area contributed by atoms with Crippen LogP contribution in [-0.2, 0) is 28.7 Å². The second-order valence-corrected chi connectivity index (χ2v) is 12.3. The summed E-state index contributed by atoms with van der Waals surface area (Å²) >= 11 is 12.7. The van der Waals surface area contributed by atoms with Crippen molar-refractivity contribution in [3.05, 3.63) is 68.7 Å². The summed E-state index contributed by atoms with van der Waals surface area (Å²) in [4.78, 5) is 72.4. The van der Waals surface area contributed by atoms with Gasteiger partial charge in [0.15, 0.2) is 0 Å². The molecule has 10 heteroatoms. The van der Waals surface area contributed by atoms with Gasteiger partial charge in [-0.2, -0.15) is 0 Å². The van der Waals surface area contributed by atoms with Gasteiger partial charge in [0, 0.05) is 27.0 Å². The minimum absolute atomic E-state index is 0.0836. The van der Waals surface area contributed by atoms with Gasteiger partial charge in [0.2, 0.25) is 23.6 Å². The lowest BCUT2D eigenvalue weighted by Gasteiger charge is -2.55. The van der Waals surface area contributed by atoms with E-state index in [2.05, 4.69) is 0 Å². The largest absolute Gasteiger partial charge is 0.463 e. The molecule has 0 spiro atoms. The van der Waals surface area contributed by atoms with Crippen LogP contribution in [0.3, 0.4) is 0 Å². The second kappa shape index (κ2) is 9.26. The van der Waals surface area contributed by atoms with E-state index in [-0.39, 0.29) is 12.2 Å². The molecule has 7 rings (SSSR count). The van der Waals surface area contributed by atoms with Gasteiger partial charge in [0.1, 0.15) is 0 Å². The summed E-state index contributed by atoms with van der Waals surface area (Å²) in [6.07, 6.45) is 0. The van der Waals surface area contributed by atoms with E-state index in [1.807, 2.05) is 13.8 Å². The van der Waals surface area contributed by atoms with Crippen molar-refractivity contribution in [2.45, 2.75) is 34.6 Å². The molecule has 5 aliphatic rings. The molecule has 2 saturated heterocycles. The van der Waals surface area contributed by atoms with Gasteiger partial charge in [-0.3, -0.25) is 19.2 Å². The smallest absolute Gasteiger partial charge is 0.334 e. The SMILES string of the molecule is CCOC(=O)C1=C(C)C2[C@H]3C(=O)N(c4ccc(C)c(Cl)c4)C(=O)[C@@H]3C1(C)[C@H]1C(=O)N(c3ccc(C)c(Cl)c3)C(=O)[C@@H]21. The molecule has 2 aromatic carbocycles. The number of rotatable bonds is 4. The van der Waals surface area contributed by atoms with Crippen LogP contribution < -0.4 is 9.80 Å². The number of hydrogen-bond donors (Lipinski definition) is 0. The van der Waals surface area contributed by atoms with E-state index in [4.69, 9.17) is 27.9 Å². The average molecular weight is 595 g/mol. The Morgan fingerprint density at radius 1 is 0.780 bits per heavy atom. The molecule has 8 nitrogen and oxygen atoms in total. The number of anilines is 2. The maximum Gasteiger partial charge on any atom is 0.334 e. The van der Waals surface area contributed by atoms with Crippen molar-refractivity contribution in [2.24, 2.45) is 35.0 Å². The fourth-order valence-electron chi connectivity index (χ4n) is 7.76. The van der Waals surface area contributed by atoms with Crippen molar-refractivity contribution in [2.75, 3.05) is 16.4 Å². The Bertz CT molecular complexity index is 1530. The van der Waals surface area contributed by atoms with Gasteiger partial charge in [-0.1, -0.05) is 47.8 Å². The maximum absolute atomic E-state index is 14.2. The summed E-state index contributed by atoms with van der Waals surface area (Å²) in [6, 6.07) is 9.84. The molecule has 2 aromatic rings. The number of benzene rings is 2. The normalized spacial score (nSPS) is 30.4. The summed E-state index contributed by atoms with van der Waals surface area (Å²) in [5, 5.41) is 0.784. The number of carbonyl (C=O) groups is 5. The van der Waals surface area contributed by atoms with Crippen LogP contribution in [0.25, 0.3) is 0 Å². The molecule has 2 unspecified atom stereocenters. The van der Waals surface area contributed by atoms with E-state index in [9.17, 15) is 24.0 Å². The first kappa shape index (κ1) is 27.7. The number of allylic oxidation sites excluding steroid dienone is 1. The van der Waals surface area contributed by atoms with E-state index in [1.165, 1.54) is 0 Å². The zero-order chi connectivity index (χ0) is 29.7. The zero-order valence-corrected chi connectivity index (χ0v) is 24.7. The quantitative estimate of drug-likeness (QED) is 0.362. The summed E-state index contributed by atoms with van der Waals surface area (Å²) in [7, 11) is 0. The predicted molar refractivity (Wildman–Crippen MR) is 152 cm³/mol. The third kappa shape index (κ3) is 3.50. The fraction of sp³-hybridized carbons (Fsp3) is 0.387. The van der Waals surface area contributed by atoms with E-state index in [0.717, 1.165) is 20.9 Å². The molecule has 2 aliphatic heterocycles. The number of ether oxygens (including phenoxy) is 1.